The van der Waals surface area contributed by atoms with E-state index in [4.69, 9.17) is 7.85 Å². The van der Waals surface area contributed by atoms with Crippen LogP contribution in [-0.2, 0) is 0 Å². The molecule has 2 aromatic rings. The van der Waals surface area contributed by atoms with Crippen LogP contribution in [0.15, 0.2) is 60.7 Å². The lowest BCUT2D eigenvalue weighted by Gasteiger charge is -2.48. The molecule has 150 valence electrons. The quantitative estimate of drug-likeness (QED) is 0.751. The Labute approximate surface area is 175 Å². The van der Waals surface area contributed by atoms with E-state index in [2.05, 4.69) is 77.4 Å². The molecule has 0 aromatic heterocycles. The molecule has 1 amide bonds. The minimum atomic E-state index is -0.282. The Bertz CT molecular complexity index is 753. The van der Waals surface area contributed by atoms with Crippen LogP contribution in [0.3, 0.4) is 0 Å². The minimum Gasteiger partial charge on any atom is -0.352 e. The van der Waals surface area contributed by atoms with Crippen LogP contribution in [0.5, 0.6) is 0 Å². The maximum atomic E-state index is 11.4. The van der Waals surface area contributed by atoms with E-state index in [0.29, 0.717) is 12.1 Å². The first-order valence-corrected chi connectivity index (χ1v) is 10.8. The van der Waals surface area contributed by atoms with Crippen LogP contribution in [0.4, 0.5) is 4.79 Å². The van der Waals surface area contributed by atoms with Crippen LogP contribution in [0, 0.1) is 0 Å². The number of carbonyl (C=O) groups is 1. The van der Waals surface area contributed by atoms with Crippen LogP contribution in [0.2, 0.25) is 0 Å². The van der Waals surface area contributed by atoms with Crippen molar-refractivity contribution in [3.63, 3.8) is 0 Å². The van der Waals surface area contributed by atoms with Crippen molar-refractivity contribution in [2.45, 2.75) is 37.9 Å². The zero-order valence-corrected chi connectivity index (χ0v) is 17.3. The van der Waals surface area contributed by atoms with E-state index in [9.17, 15) is 4.79 Å². The summed E-state index contributed by atoms with van der Waals surface area (Å²) in [7, 11) is 5.44. The van der Waals surface area contributed by atoms with Gasteiger partial charge in [0, 0.05) is 44.8 Å². The summed E-state index contributed by atoms with van der Waals surface area (Å²) in [5.41, 5.74) is 2.71. The Morgan fingerprint density at radius 3 is 1.93 bits per heavy atom. The number of hydrogen-bond acceptors (Lipinski definition) is 3. The fourth-order valence-corrected chi connectivity index (χ4v) is 5.01. The predicted molar refractivity (Wildman–Crippen MR) is 118 cm³/mol. The second-order valence-corrected chi connectivity index (χ2v) is 8.36. The summed E-state index contributed by atoms with van der Waals surface area (Å²) in [5.74, 6) is -0.282. The molecule has 4 rings (SSSR count). The van der Waals surface area contributed by atoms with Crippen molar-refractivity contribution in [2.24, 2.45) is 0 Å². The molecule has 2 aromatic carbocycles. The molecule has 2 aliphatic heterocycles. The van der Waals surface area contributed by atoms with Gasteiger partial charge in [-0.05, 0) is 30.9 Å². The summed E-state index contributed by atoms with van der Waals surface area (Å²) in [6.07, 6.45) is 2.05. The summed E-state index contributed by atoms with van der Waals surface area (Å²) < 4.78 is 0. The molecule has 29 heavy (non-hydrogen) atoms. The molecule has 0 bridgehead atoms. The number of likely N-dealkylation sites (tertiary alicyclic amines) is 1. The van der Waals surface area contributed by atoms with Crippen molar-refractivity contribution in [1.29, 1.82) is 0 Å². The highest BCUT2D eigenvalue weighted by atomic mass is 16.1. The molecule has 2 fully saturated rings. The number of nitrogens with zero attached hydrogens (tertiary/aromatic N) is 3. The number of benzene rings is 2. The van der Waals surface area contributed by atoms with Gasteiger partial charge in [-0.15, -0.1) is 0 Å². The molecule has 0 aliphatic carbocycles. The zero-order chi connectivity index (χ0) is 20.2. The van der Waals surface area contributed by atoms with Crippen molar-refractivity contribution in [2.75, 3.05) is 32.7 Å². The van der Waals surface area contributed by atoms with Crippen LogP contribution in [0.25, 0.3) is 0 Å². The molecule has 2 saturated heterocycles. The summed E-state index contributed by atoms with van der Waals surface area (Å²) in [5, 5.41) is 0. The minimum absolute atomic E-state index is 0.282. The monoisotopic (exact) mass is 387 g/mol. The fourth-order valence-electron chi connectivity index (χ4n) is 5.01. The van der Waals surface area contributed by atoms with Gasteiger partial charge in [-0.2, -0.15) is 0 Å². The fraction of sp³-hybridized carbons (Fsp3) is 0.458. The van der Waals surface area contributed by atoms with Gasteiger partial charge in [0.15, 0.2) is 5.81 Å². The second kappa shape index (κ2) is 9.14. The Kier molecular flexibility index (Phi) is 6.36. The standard InChI is InChI=1S/C24H30BN3O/c1-19-18-27(22-12-14-26(15-13-22)24(25)29)16-17-28(19)23(20-8-4-2-5-9-20)21-10-6-3-7-11-21/h2-11,19,22-23H,12-18H2,1H3/t19-/m0/s1. The van der Waals surface area contributed by atoms with Crippen molar-refractivity contribution >= 4 is 13.7 Å². The first-order valence-electron chi connectivity index (χ1n) is 10.8. The van der Waals surface area contributed by atoms with E-state index >= 15 is 0 Å². The van der Waals surface area contributed by atoms with E-state index in [1.807, 2.05) is 0 Å². The van der Waals surface area contributed by atoms with Gasteiger partial charge < -0.3 is 4.90 Å². The number of carbonyl (C=O) groups excluding carboxylic acids is 1. The van der Waals surface area contributed by atoms with Gasteiger partial charge in [0.2, 0.25) is 7.85 Å². The predicted octanol–water partition coefficient (Wildman–Crippen LogP) is 3.54. The molecule has 0 saturated carbocycles. The summed E-state index contributed by atoms with van der Waals surface area (Å²) in [6.45, 7) is 7.10. The van der Waals surface area contributed by atoms with Gasteiger partial charge in [0.1, 0.15) is 0 Å². The molecule has 0 unspecified atom stereocenters. The van der Waals surface area contributed by atoms with Gasteiger partial charge in [0.05, 0.1) is 6.04 Å². The molecule has 1 atom stereocenters. The first-order chi connectivity index (χ1) is 14.1. The maximum absolute atomic E-state index is 11.4. The number of hydrogen-bond donors (Lipinski definition) is 0. The molecule has 0 N–H and O–H groups in total. The largest absolute Gasteiger partial charge is 0.352 e. The van der Waals surface area contributed by atoms with Gasteiger partial charge >= 0.3 is 0 Å². The van der Waals surface area contributed by atoms with E-state index in [1.54, 1.807) is 4.90 Å². The first kappa shape index (κ1) is 20.2. The van der Waals surface area contributed by atoms with Gasteiger partial charge in [-0.25, -0.2) is 0 Å². The highest BCUT2D eigenvalue weighted by molar-refractivity contribution is 6.56. The maximum Gasteiger partial charge on any atom is 0.200 e. The van der Waals surface area contributed by atoms with Crippen molar-refractivity contribution in [3.05, 3.63) is 71.8 Å². The van der Waals surface area contributed by atoms with Crippen LogP contribution in [-0.4, -0.2) is 73.2 Å². The van der Waals surface area contributed by atoms with Gasteiger partial charge in [0.25, 0.3) is 0 Å². The third-order valence-corrected chi connectivity index (χ3v) is 6.57. The normalized spacial score (nSPS) is 22.1. The molecular formula is C24H30BN3O. The Balaban J connectivity index is 1.47. The van der Waals surface area contributed by atoms with Crippen molar-refractivity contribution in [3.8, 4) is 0 Å². The van der Waals surface area contributed by atoms with Crippen molar-refractivity contribution < 1.29 is 4.79 Å². The van der Waals surface area contributed by atoms with Gasteiger partial charge in [-0.1, -0.05) is 60.7 Å². The highest BCUT2D eigenvalue weighted by Crippen LogP contribution is 2.32. The zero-order valence-electron chi connectivity index (χ0n) is 17.3. The van der Waals surface area contributed by atoms with Crippen LogP contribution >= 0.6 is 0 Å². The smallest absolute Gasteiger partial charge is 0.200 e. The van der Waals surface area contributed by atoms with Crippen molar-refractivity contribution in [1.82, 2.24) is 14.7 Å². The lowest BCUT2D eigenvalue weighted by molar-refractivity contribution is 0.0220. The molecule has 5 heteroatoms. The Hall–Kier alpha value is -2.11. The number of piperazine rings is 1. The summed E-state index contributed by atoms with van der Waals surface area (Å²) >= 11 is 0. The average molecular weight is 387 g/mol. The topological polar surface area (TPSA) is 26.8 Å². The lowest BCUT2D eigenvalue weighted by Crippen LogP contribution is -2.57. The average Bonchev–Trinajstić information content (AvgIpc) is 2.77. The van der Waals surface area contributed by atoms with E-state index in [-0.39, 0.29) is 11.8 Å². The molecule has 0 spiro atoms. The number of amides is 1. The summed E-state index contributed by atoms with van der Waals surface area (Å²) in [4.78, 5) is 18.5. The number of piperidine rings is 1. The lowest BCUT2D eigenvalue weighted by atomic mass is 9.93. The molecule has 4 nitrogen and oxygen atoms in total. The number of rotatable bonds is 4. The van der Waals surface area contributed by atoms with Crippen LogP contribution in [0.1, 0.15) is 36.9 Å². The second-order valence-electron chi connectivity index (χ2n) is 8.36. The van der Waals surface area contributed by atoms with E-state index in [1.165, 1.54) is 11.1 Å². The van der Waals surface area contributed by atoms with Crippen LogP contribution < -0.4 is 0 Å². The Morgan fingerprint density at radius 2 is 1.45 bits per heavy atom. The van der Waals surface area contributed by atoms with Gasteiger partial charge in [-0.3, -0.25) is 14.6 Å². The SMILES string of the molecule is [B]C(=O)N1CCC(N2CCN(C(c3ccccc3)c3ccccc3)[C@@H](C)C2)CC1. The summed E-state index contributed by atoms with van der Waals surface area (Å²) in [6, 6.07) is 23.0. The molecular weight excluding hydrogens is 357 g/mol. The molecule has 2 radical (unpaired) electrons. The molecule has 2 aliphatic rings. The van der Waals surface area contributed by atoms with E-state index < -0.39 is 0 Å². The third kappa shape index (κ3) is 4.57. The highest BCUT2D eigenvalue weighted by Gasteiger charge is 2.34. The molecule has 2 heterocycles. The third-order valence-electron chi connectivity index (χ3n) is 6.57. The van der Waals surface area contributed by atoms with E-state index in [0.717, 1.165) is 45.6 Å². The Morgan fingerprint density at radius 1 is 0.897 bits per heavy atom.